The third kappa shape index (κ3) is 4.11. The van der Waals surface area contributed by atoms with Crippen LogP contribution in [-0.2, 0) is 31.8 Å². The van der Waals surface area contributed by atoms with Gasteiger partial charge < -0.3 is 9.30 Å². The summed E-state index contributed by atoms with van der Waals surface area (Å²) in [5, 5.41) is 0. The molecule has 0 radical (unpaired) electrons. The molecule has 0 N–H and O–H groups in total. The van der Waals surface area contributed by atoms with Crippen LogP contribution >= 0.6 is 15.9 Å². The van der Waals surface area contributed by atoms with Gasteiger partial charge >= 0.3 is 11.8 Å². The Morgan fingerprint density at radius 2 is 1.88 bits per heavy atom. The first-order chi connectivity index (χ1) is 14.9. The van der Waals surface area contributed by atoms with Crippen molar-refractivity contribution in [3.63, 3.8) is 0 Å². The Morgan fingerprint density at radius 1 is 1.22 bits per heavy atom. The van der Waals surface area contributed by atoms with E-state index < -0.39 is 22.9 Å². The highest BCUT2D eigenvalue weighted by Gasteiger charge is 2.25. The first-order valence-corrected chi connectivity index (χ1v) is 11.1. The van der Waals surface area contributed by atoms with Gasteiger partial charge in [-0.15, -0.1) is 0 Å². The molecule has 10 heteroatoms. The molecule has 3 rings (SSSR count). The van der Waals surface area contributed by atoms with E-state index in [9.17, 15) is 14.4 Å². The van der Waals surface area contributed by atoms with E-state index in [1.165, 1.54) is 9.13 Å². The fraction of sp³-hybridized carbons (Fsp3) is 0.455. The smallest absolute Gasteiger partial charge is 0.419 e. The Hall–Kier alpha value is -2.88. The van der Waals surface area contributed by atoms with Crippen molar-refractivity contribution in [3.8, 4) is 0 Å². The van der Waals surface area contributed by atoms with Gasteiger partial charge in [0.1, 0.15) is 5.60 Å². The minimum absolute atomic E-state index is 0.0892. The number of aryl methyl sites for hydroxylation is 3. The molecule has 0 unspecified atom stereocenters. The highest BCUT2D eigenvalue weighted by atomic mass is 79.9. The molecule has 0 spiro atoms. The summed E-state index contributed by atoms with van der Waals surface area (Å²) in [5.41, 5.74) is 0.957. The minimum atomic E-state index is -0.703. The predicted octanol–water partition coefficient (Wildman–Crippen LogP) is 3.42. The maximum atomic E-state index is 13.3. The number of ether oxygens (including phenoxy) is 1. The lowest BCUT2D eigenvalue weighted by Gasteiger charge is -2.21. The molecule has 0 bridgehead atoms. The summed E-state index contributed by atoms with van der Waals surface area (Å²) in [6, 6.07) is 1.84. The topological polar surface area (TPSA) is 93.0 Å². The van der Waals surface area contributed by atoms with Gasteiger partial charge in [0, 0.05) is 19.8 Å². The summed E-state index contributed by atoms with van der Waals surface area (Å²) in [4.78, 5) is 43.7. The van der Waals surface area contributed by atoms with Gasteiger partial charge in [-0.1, -0.05) is 13.0 Å². The quantitative estimate of drug-likeness (QED) is 0.506. The van der Waals surface area contributed by atoms with E-state index >= 15 is 0 Å². The van der Waals surface area contributed by atoms with Crippen molar-refractivity contribution in [2.24, 2.45) is 14.1 Å². The third-order valence-electron chi connectivity index (χ3n) is 5.10. The van der Waals surface area contributed by atoms with Gasteiger partial charge in [-0.05, 0) is 67.8 Å². The summed E-state index contributed by atoms with van der Waals surface area (Å²) in [7, 11) is 3.26. The van der Waals surface area contributed by atoms with Crippen LogP contribution in [0.4, 0.5) is 4.79 Å². The van der Waals surface area contributed by atoms with Crippen molar-refractivity contribution in [2.75, 3.05) is 0 Å². The van der Waals surface area contributed by atoms with Gasteiger partial charge in [0.2, 0.25) is 0 Å². The van der Waals surface area contributed by atoms with Crippen LogP contribution in [-0.4, -0.2) is 34.9 Å². The van der Waals surface area contributed by atoms with Crippen LogP contribution in [0.25, 0.3) is 17.2 Å². The zero-order chi connectivity index (χ0) is 24.0. The Labute approximate surface area is 194 Å². The number of imidazole rings is 1. The number of nitrogens with zero attached hydrogens (tertiary/aromatic N) is 5. The molecule has 0 atom stereocenters. The molecule has 3 heterocycles. The number of carbonyl (C=O) groups excluding carboxylic acids is 1. The van der Waals surface area contributed by atoms with E-state index in [2.05, 4.69) is 20.9 Å². The molecular formula is C22H28BrN5O4. The fourth-order valence-corrected chi connectivity index (χ4v) is 3.96. The maximum Gasteiger partial charge on any atom is 0.419 e. The van der Waals surface area contributed by atoms with Crippen LogP contribution in [0.2, 0.25) is 0 Å². The Bertz CT molecular complexity index is 1350. The van der Waals surface area contributed by atoms with Gasteiger partial charge in [-0.2, -0.15) is 0 Å². The van der Waals surface area contributed by atoms with Crippen LogP contribution in [0.5, 0.6) is 0 Å². The molecule has 9 nitrogen and oxygen atoms in total. The van der Waals surface area contributed by atoms with Crippen molar-refractivity contribution < 1.29 is 9.53 Å². The zero-order valence-corrected chi connectivity index (χ0v) is 21.0. The predicted molar refractivity (Wildman–Crippen MR) is 127 cm³/mol. The number of fused-ring (bicyclic) bond motifs is 1. The first kappa shape index (κ1) is 23.8. The van der Waals surface area contributed by atoms with Gasteiger partial charge in [0.05, 0.1) is 12.2 Å². The van der Waals surface area contributed by atoms with Gasteiger partial charge in [-0.3, -0.25) is 13.9 Å². The number of halogens is 1. The monoisotopic (exact) mass is 505 g/mol. The molecular weight excluding hydrogens is 478 g/mol. The summed E-state index contributed by atoms with van der Waals surface area (Å²) in [6.07, 6.45) is 3.77. The van der Waals surface area contributed by atoms with Crippen molar-refractivity contribution in [1.29, 1.82) is 0 Å². The van der Waals surface area contributed by atoms with E-state index in [4.69, 9.17) is 4.74 Å². The van der Waals surface area contributed by atoms with Crippen LogP contribution in [0.1, 0.15) is 51.6 Å². The van der Waals surface area contributed by atoms with Gasteiger partial charge in [-0.25, -0.2) is 19.1 Å². The van der Waals surface area contributed by atoms with Crippen molar-refractivity contribution in [1.82, 2.24) is 23.3 Å². The minimum Gasteiger partial charge on any atom is -0.443 e. The SMILES string of the molecule is C/C=C\c1c(CC)cc(Cn2c(=O)c3c(nc(Br)n3C)n(C)c2=O)n1C(=O)OC(C)(C)C. The lowest BCUT2D eigenvalue weighted by atomic mass is 10.2. The van der Waals surface area contributed by atoms with Crippen molar-refractivity contribution in [2.45, 2.75) is 53.2 Å². The number of aromatic nitrogens is 5. The number of carbonyl (C=O) groups is 1. The van der Waals surface area contributed by atoms with Gasteiger partial charge in [0.25, 0.3) is 5.56 Å². The van der Waals surface area contributed by atoms with Crippen LogP contribution in [0, 0.1) is 0 Å². The molecule has 172 valence electrons. The lowest BCUT2D eigenvalue weighted by molar-refractivity contribution is 0.0531. The summed E-state index contributed by atoms with van der Waals surface area (Å²) < 4.78 is 11.5. The molecule has 3 aromatic heterocycles. The molecule has 32 heavy (non-hydrogen) atoms. The molecule has 0 aliphatic rings. The van der Waals surface area contributed by atoms with E-state index in [1.807, 2.05) is 32.1 Å². The number of allylic oxidation sites excluding steroid dienone is 1. The molecule has 0 aromatic carbocycles. The molecule has 0 aliphatic heterocycles. The first-order valence-electron chi connectivity index (χ1n) is 10.3. The Morgan fingerprint density at radius 3 is 2.44 bits per heavy atom. The van der Waals surface area contributed by atoms with E-state index in [-0.39, 0.29) is 12.2 Å². The number of hydrogen-bond acceptors (Lipinski definition) is 5. The second kappa shape index (κ2) is 8.57. The molecule has 3 aromatic rings. The molecule has 0 saturated carbocycles. The Balaban J connectivity index is 2.27. The number of rotatable bonds is 4. The highest BCUT2D eigenvalue weighted by molar-refractivity contribution is 9.10. The largest absolute Gasteiger partial charge is 0.443 e. The van der Waals surface area contributed by atoms with E-state index in [0.29, 0.717) is 28.1 Å². The van der Waals surface area contributed by atoms with Crippen LogP contribution in [0.3, 0.4) is 0 Å². The van der Waals surface area contributed by atoms with E-state index in [1.54, 1.807) is 39.4 Å². The molecule has 0 saturated heterocycles. The second-order valence-electron chi connectivity index (χ2n) is 8.56. The van der Waals surface area contributed by atoms with Crippen molar-refractivity contribution in [3.05, 3.63) is 54.7 Å². The fourth-order valence-electron chi connectivity index (χ4n) is 3.62. The Kier molecular flexibility index (Phi) is 6.37. The lowest BCUT2D eigenvalue weighted by Crippen LogP contribution is -2.40. The van der Waals surface area contributed by atoms with Gasteiger partial charge in [0.15, 0.2) is 15.9 Å². The summed E-state index contributed by atoms with van der Waals surface area (Å²) >= 11 is 3.31. The molecule has 0 amide bonds. The highest BCUT2D eigenvalue weighted by Crippen LogP contribution is 2.22. The average Bonchev–Trinajstić information content (AvgIpc) is 3.20. The maximum absolute atomic E-state index is 13.3. The average molecular weight is 506 g/mol. The van der Waals surface area contributed by atoms with Crippen molar-refractivity contribution >= 4 is 39.3 Å². The van der Waals surface area contributed by atoms with Crippen LogP contribution < -0.4 is 11.2 Å². The standard InChI is InChI=1S/C22H28BrN5O4/c1-8-10-15-13(9-2)11-14(28(15)21(31)32-22(3,4)5)12-27-18(29)16-17(26(7)20(27)30)24-19(23)25(16)6/h8,10-11H,9,12H2,1-7H3/b10-8-. The summed E-state index contributed by atoms with van der Waals surface area (Å²) in [6.45, 7) is 9.12. The molecule has 0 aliphatic carbocycles. The normalized spacial score (nSPS) is 12.2. The zero-order valence-electron chi connectivity index (χ0n) is 19.4. The van der Waals surface area contributed by atoms with E-state index in [0.717, 1.165) is 10.1 Å². The number of hydrogen-bond donors (Lipinski definition) is 0. The summed E-state index contributed by atoms with van der Waals surface area (Å²) in [5.74, 6) is 0. The third-order valence-corrected chi connectivity index (χ3v) is 5.81. The van der Waals surface area contributed by atoms with Crippen LogP contribution in [0.15, 0.2) is 26.5 Å². The molecule has 0 fully saturated rings. The second-order valence-corrected chi connectivity index (χ2v) is 9.27.